The Labute approximate surface area is 150 Å². The zero-order chi connectivity index (χ0) is 15.2. The maximum absolute atomic E-state index is 11.9. The fourth-order valence-corrected chi connectivity index (χ4v) is 3.36. The van der Waals surface area contributed by atoms with Gasteiger partial charge in [0.15, 0.2) is 5.11 Å². The van der Waals surface area contributed by atoms with E-state index in [4.69, 9.17) is 12.2 Å². The molecule has 3 nitrogen and oxygen atoms in total. The predicted molar refractivity (Wildman–Crippen MR) is 101 cm³/mol. The number of carbonyl (C=O) groups excluding carboxylic acids is 1. The third kappa shape index (κ3) is 5.37. The molecule has 2 aromatic carbocycles. The monoisotopic (exact) mass is 474 g/mol. The molecule has 2 rings (SSSR count). The SMILES string of the molecule is O=C(Cc1ccccc1)NC(=S)Nc1ccc(Br)cc1I. The van der Waals surface area contributed by atoms with E-state index in [1.54, 1.807) is 0 Å². The normalized spacial score (nSPS) is 10.0. The minimum absolute atomic E-state index is 0.134. The number of thiocarbonyl (C=S) groups is 1. The van der Waals surface area contributed by atoms with Gasteiger partial charge in [-0.15, -0.1) is 0 Å². The van der Waals surface area contributed by atoms with Gasteiger partial charge in [0.05, 0.1) is 12.1 Å². The zero-order valence-corrected chi connectivity index (χ0v) is 15.5. The largest absolute Gasteiger partial charge is 0.332 e. The molecule has 0 fully saturated rings. The van der Waals surface area contributed by atoms with Crippen LogP contribution in [0.15, 0.2) is 53.0 Å². The lowest BCUT2D eigenvalue weighted by atomic mass is 10.1. The fraction of sp³-hybridized carbons (Fsp3) is 0.0667. The molecule has 0 atom stereocenters. The van der Waals surface area contributed by atoms with Crippen LogP contribution in [0.1, 0.15) is 5.56 Å². The molecule has 21 heavy (non-hydrogen) atoms. The van der Waals surface area contributed by atoms with Gasteiger partial charge in [-0.2, -0.15) is 0 Å². The van der Waals surface area contributed by atoms with Crippen molar-refractivity contribution in [2.75, 3.05) is 5.32 Å². The van der Waals surface area contributed by atoms with Crippen LogP contribution in [0.4, 0.5) is 5.69 Å². The van der Waals surface area contributed by atoms with Crippen molar-refractivity contribution >= 4 is 67.4 Å². The van der Waals surface area contributed by atoms with Gasteiger partial charge in [0.25, 0.3) is 0 Å². The topological polar surface area (TPSA) is 41.1 Å². The predicted octanol–water partition coefficient (Wildman–Crippen LogP) is 4.11. The highest BCUT2D eigenvalue weighted by molar-refractivity contribution is 14.1. The molecule has 0 bridgehead atoms. The van der Waals surface area contributed by atoms with E-state index in [0.717, 1.165) is 19.3 Å². The van der Waals surface area contributed by atoms with Crippen molar-refractivity contribution in [1.29, 1.82) is 0 Å². The minimum Gasteiger partial charge on any atom is -0.332 e. The average Bonchev–Trinajstić information content (AvgIpc) is 2.43. The summed E-state index contributed by atoms with van der Waals surface area (Å²) in [6.45, 7) is 0. The van der Waals surface area contributed by atoms with Crippen LogP contribution in [0.3, 0.4) is 0 Å². The lowest BCUT2D eigenvalue weighted by Gasteiger charge is -2.11. The van der Waals surface area contributed by atoms with E-state index in [0.29, 0.717) is 11.5 Å². The van der Waals surface area contributed by atoms with Gasteiger partial charge in [-0.3, -0.25) is 4.79 Å². The fourth-order valence-electron chi connectivity index (χ4n) is 1.70. The summed E-state index contributed by atoms with van der Waals surface area (Å²) in [5, 5.41) is 6.01. The Kier molecular flexibility index (Phi) is 6.13. The zero-order valence-electron chi connectivity index (χ0n) is 10.9. The molecule has 0 spiro atoms. The summed E-state index contributed by atoms with van der Waals surface area (Å²) in [4.78, 5) is 11.9. The molecule has 0 heterocycles. The number of hydrogen-bond acceptors (Lipinski definition) is 2. The molecule has 0 saturated carbocycles. The number of halogens is 2. The number of nitrogens with one attached hydrogen (secondary N) is 2. The molecular weight excluding hydrogens is 463 g/mol. The summed E-state index contributed by atoms with van der Waals surface area (Å²) < 4.78 is 2.01. The molecule has 0 aromatic heterocycles. The summed E-state index contributed by atoms with van der Waals surface area (Å²) in [5.74, 6) is -0.134. The molecule has 2 aromatic rings. The maximum atomic E-state index is 11.9. The van der Waals surface area contributed by atoms with Gasteiger partial charge in [-0.05, 0) is 58.6 Å². The van der Waals surface area contributed by atoms with Crippen molar-refractivity contribution in [2.24, 2.45) is 0 Å². The number of anilines is 1. The van der Waals surface area contributed by atoms with Gasteiger partial charge in [-0.1, -0.05) is 46.3 Å². The van der Waals surface area contributed by atoms with Crippen molar-refractivity contribution in [3.8, 4) is 0 Å². The van der Waals surface area contributed by atoms with E-state index >= 15 is 0 Å². The Morgan fingerprint density at radius 1 is 1.19 bits per heavy atom. The summed E-state index contributed by atoms with van der Waals surface area (Å²) in [6, 6.07) is 15.3. The highest BCUT2D eigenvalue weighted by Gasteiger charge is 2.07. The molecule has 6 heteroatoms. The van der Waals surface area contributed by atoms with E-state index in [1.165, 1.54) is 0 Å². The molecule has 0 saturated heterocycles. The quantitative estimate of drug-likeness (QED) is 0.519. The van der Waals surface area contributed by atoms with Gasteiger partial charge in [0.1, 0.15) is 0 Å². The molecule has 0 aliphatic rings. The summed E-state index contributed by atoms with van der Waals surface area (Å²) in [7, 11) is 0. The Hall–Kier alpha value is -0.990. The number of carbonyl (C=O) groups is 1. The van der Waals surface area contributed by atoms with Crippen LogP contribution in [0.5, 0.6) is 0 Å². The molecule has 2 N–H and O–H groups in total. The summed E-state index contributed by atoms with van der Waals surface area (Å²) >= 11 is 10.8. The van der Waals surface area contributed by atoms with E-state index in [9.17, 15) is 4.79 Å². The molecule has 0 aliphatic carbocycles. The standard InChI is InChI=1S/C15H12BrIN2OS/c16-11-6-7-13(12(17)9-11)18-15(21)19-14(20)8-10-4-2-1-3-5-10/h1-7,9H,8H2,(H2,18,19,20,21). The first-order valence-electron chi connectivity index (χ1n) is 6.14. The van der Waals surface area contributed by atoms with Gasteiger partial charge < -0.3 is 10.6 Å². The molecule has 1 amide bonds. The second-order valence-electron chi connectivity index (χ2n) is 4.29. The number of rotatable bonds is 3. The van der Waals surface area contributed by atoms with E-state index in [2.05, 4.69) is 49.2 Å². The Morgan fingerprint density at radius 3 is 2.57 bits per heavy atom. The lowest BCUT2D eigenvalue weighted by molar-refractivity contribution is -0.119. The van der Waals surface area contributed by atoms with Crippen molar-refractivity contribution in [1.82, 2.24) is 5.32 Å². The number of amides is 1. The first-order valence-corrected chi connectivity index (χ1v) is 8.42. The number of hydrogen-bond donors (Lipinski definition) is 2. The third-order valence-corrected chi connectivity index (χ3v) is 4.23. The van der Waals surface area contributed by atoms with Crippen molar-refractivity contribution < 1.29 is 4.79 Å². The highest BCUT2D eigenvalue weighted by atomic mass is 127. The Balaban J connectivity index is 1.91. The first-order chi connectivity index (χ1) is 10.0. The van der Waals surface area contributed by atoms with Gasteiger partial charge in [-0.25, -0.2) is 0 Å². The molecule has 108 valence electrons. The van der Waals surface area contributed by atoms with E-state index in [-0.39, 0.29) is 5.91 Å². The van der Waals surface area contributed by atoms with Crippen LogP contribution in [0.2, 0.25) is 0 Å². The molecular formula is C15H12BrIN2OS. The number of benzene rings is 2. The smallest absolute Gasteiger partial charge is 0.230 e. The highest BCUT2D eigenvalue weighted by Crippen LogP contribution is 2.22. The van der Waals surface area contributed by atoms with Crippen molar-refractivity contribution in [3.63, 3.8) is 0 Å². The van der Waals surface area contributed by atoms with Crippen LogP contribution >= 0.6 is 50.7 Å². The average molecular weight is 475 g/mol. The maximum Gasteiger partial charge on any atom is 0.230 e. The molecule has 0 unspecified atom stereocenters. The van der Waals surface area contributed by atoms with Gasteiger partial charge in [0.2, 0.25) is 5.91 Å². The van der Waals surface area contributed by atoms with E-state index in [1.807, 2.05) is 48.5 Å². The molecule has 0 aliphatic heterocycles. The second-order valence-corrected chi connectivity index (χ2v) is 6.77. The Bertz CT molecular complexity index is 664. The Morgan fingerprint density at radius 2 is 1.90 bits per heavy atom. The van der Waals surface area contributed by atoms with Crippen LogP contribution < -0.4 is 10.6 Å². The van der Waals surface area contributed by atoms with Crippen LogP contribution in [-0.4, -0.2) is 11.0 Å². The summed E-state index contributed by atoms with van der Waals surface area (Å²) in [6.07, 6.45) is 0.306. The van der Waals surface area contributed by atoms with Crippen LogP contribution in [-0.2, 0) is 11.2 Å². The second kappa shape index (κ2) is 7.86. The third-order valence-electron chi connectivity index (χ3n) is 2.64. The molecule has 0 radical (unpaired) electrons. The summed E-state index contributed by atoms with van der Waals surface area (Å²) in [5.41, 5.74) is 1.82. The van der Waals surface area contributed by atoms with Gasteiger partial charge in [0, 0.05) is 8.04 Å². The van der Waals surface area contributed by atoms with Crippen LogP contribution in [0.25, 0.3) is 0 Å². The minimum atomic E-state index is -0.134. The lowest BCUT2D eigenvalue weighted by Crippen LogP contribution is -2.35. The van der Waals surface area contributed by atoms with Crippen molar-refractivity contribution in [2.45, 2.75) is 6.42 Å². The van der Waals surface area contributed by atoms with Crippen LogP contribution in [0, 0.1) is 3.57 Å². The first kappa shape index (κ1) is 16.4. The van der Waals surface area contributed by atoms with E-state index < -0.39 is 0 Å². The van der Waals surface area contributed by atoms with Crippen molar-refractivity contribution in [3.05, 3.63) is 62.1 Å². The van der Waals surface area contributed by atoms with Gasteiger partial charge >= 0.3 is 0 Å².